The van der Waals surface area contributed by atoms with Crippen molar-refractivity contribution < 1.29 is 9.85 Å². The van der Waals surface area contributed by atoms with Gasteiger partial charge >= 0.3 is 6.07 Å². The van der Waals surface area contributed by atoms with E-state index in [-0.39, 0.29) is 11.4 Å². The third kappa shape index (κ3) is 3.51. The molecular weight excluding hydrogens is 276 g/mol. The molecule has 0 fully saturated rings. The first-order valence-electron chi connectivity index (χ1n) is 5.72. The van der Waals surface area contributed by atoms with Crippen LogP contribution in [0.2, 0.25) is 0 Å². The quantitative estimate of drug-likeness (QED) is 0.631. The summed E-state index contributed by atoms with van der Waals surface area (Å²) in [5, 5.41) is 21.5. The molecule has 0 unspecified atom stereocenters. The van der Waals surface area contributed by atoms with Crippen molar-refractivity contribution in [3.63, 3.8) is 0 Å². The van der Waals surface area contributed by atoms with E-state index in [9.17, 15) is 20.2 Å². The number of nitro groups is 2. The number of nitro benzene ring substituents is 2. The summed E-state index contributed by atoms with van der Waals surface area (Å²) in [5.74, 6) is 0. The highest BCUT2D eigenvalue weighted by Gasteiger charge is 2.16. The monoisotopic (exact) mass is 284 g/mol. The van der Waals surface area contributed by atoms with Gasteiger partial charge in [-0.25, -0.2) is 0 Å². The van der Waals surface area contributed by atoms with Crippen molar-refractivity contribution in [1.29, 1.82) is 0 Å². The molecule has 0 spiro atoms. The Morgan fingerprint density at radius 2 is 1.71 bits per heavy atom. The van der Waals surface area contributed by atoms with Crippen molar-refractivity contribution in [3.05, 3.63) is 84.7 Å². The molecule has 2 aromatic rings. The maximum atomic E-state index is 10.9. The molecule has 0 saturated carbocycles. The van der Waals surface area contributed by atoms with E-state index in [0.29, 0.717) is 5.56 Å². The van der Waals surface area contributed by atoms with Crippen LogP contribution in [-0.4, -0.2) is 9.85 Å². The molecule has 0 aromatic heterocycles. The van der Waals surface area contributed by atoms with Gasteiger partial charge in [-0.3, -0.25) is 25.7 Å². The fourth-order valence-corrected chi connectivity index (χ4v) is 1.51. The Morgan fingerprint density at radius 1 is 1.00 bits per heavy atom. The second-order valence-corrected chi connectivity index (χ2v) is 3.87. The predicted octanol–water partition coefficient (Wildman–Crippen LogP) is 3.80. The number of nitrogens with zero attached hydrogens (tertiary/aromatic N) is 4. The van der Waals surface area contributed by atoms with Gasteiger partial charge in [0.15, 0.2) is 0 Å². The zero-order valence-corrected chi connectivity index (χ0v) is 10.5. The van der Waals surface area contributed by atoms with E-state index in [1.54, 1.807) is 24.3 Å². The summed E-state index contributed by atoms with van der Waals surface area (Å²) >= 11 is 0. The van der Waals surface area contributed by atoms with Crippen molar-refractivity contribution in [2.45, 2.75) is 0 Å². The molecule has 0 N–H and O–H groups in total. The molecular formula is C13H8N4O4. The lowest BCUT2D eigenvalue weighted by Gasteiger charge is -2.02. The second-order valence-electron chi connectivity index (χ2n) is 3.87. The van der Waals surface area contributed by atoms with E-state index in [4.69, 9.17) is 0 Å². The molecule has 0 amide bonds. The first-order chi connectivity index (χ1) is 10.1. The molecule has 2 aromatic carbocycles. The second kappa shape index (κ2) is 6.12. The van der Waals surface area contributed by atoms with Crippen molar-refractivity contribution in [2.24, 2.45) is 0 Å². The molecule has 0 saturated heterocycles. The lowest BCUT2D eigenvalue weighted by molar-refractivity contribution is -0.393. The first-order valence-corrected chi connectivity index (χ1v) is 5.72. The Hall–Kier alpha value is -3.47. The molecule has 0 atom stereocenters. The fourth-order valence-electron chi connectivity index (χ4n) is 1.51. The number of hydrogen-bond acceptors (Lipinski definition) is 4. The Balaban J connectivity index is 2.26. The average molecular weight is 284 g/mol. The maximum Gasteiger partial charge on any atom is 0.309 e. The molecule has 0 radical (unpaired) electrons. The van der Waals surface area contributed by atoms with Crippen LogP contribution in [0.4, 0.5) is 17.1 Å². The summed E-state index contributed by atoms with van der Waals surface area (Å²) in [6.07, 6.45) is 0. The van der Waals surface area contributed by atoms with Crippen LogP contribution in [0.15, 0.2) is 48.5 Å². The number of benzene rings is 2. The molecule has 104 valence electrons. The van der Waals surface area contributed by atoms with Gasteiger partial charge in [-0.1, -0.05) is 29.2 Å². The third-order valence-corrected chi connectivity index (χ3v) is 2.48. The van der Waals surface area contributed by atoms with Crippen molar-refractivity contribution in [1.82, 2.24) is 0 Å². The van der Waals surface area contributed by atoms with E-state index in [0.717, 1.165) is 12.1 Å². The minimum absolute atomic E-state index is 0.0750. The summed E-state index contributed by atoms with van der Waals surface area (Å²) in [6, 6.07) is 14.6. The zero-order valence-electron chi connectivity index (χ0n) is 10.5. The van der Waals surface area contributed by atoms with Crippen LogP contribution in [0.5, 0.6) is 0 Å². The number of hydrogen-bond donors (Lipinski definition) is 0. The fraction of sp³-hybridized carbons (Fsp3) is 0. The predicted molar refractivity (Wildman–Crippen MR) is 75.6 cm³/mol. The summed E-state index contributed by atoms with van der Waals surface area (Å²) in [4.78, 5) is 23.7. The Bertz CT molecular complexity index is 750. The first kappa shape index (κ1) is 14.0. The van der Waals surface area contributed by atoms with E-state index in [1.165, 1.54) is 6.07 Å². The van der Waals surface area contributed by atoms with Crippen molar-refractivity contribution in [3.8, 4) is 6.07 Å². The van der Waals surface area contributed by atoms with Crippen LogP contribution >= 0.6 is 0 Å². The minimum atomic E-state index is -0.746. The Morgan fingerprint density at radius 3 is 2.33 bits per heavy atom. The molecule has 0 bridgehead atoms. The molecule has 21 heavy (non-hydrogen) atoms. The van der Waals surface area contributed by atoms with Gasteiger partial charge in [-0.05, 0) is 12.1 Å². The van der Waals surface area contributed by atoms with Crippen LogP contribution in [0, 0.1) is 26.3 Å². The van der Waals surface area contributed by atoms with Gasteiger partial charge in [-0.15, -0.1) is 0 Å². The topological polar surface area (TPSA) is 105 Å². The largest absolute Gasteiger partial charge is 0.309 e. The van der Waals surface area contributed by atoms with Crippen LogP contribution in [0.25, 0.3) is 10.4 Å². The molecule has 8 nitrogen and oxygen atoms in total. The van der Waals surface area contributed by atoms with Crippen LogP contribution in [0.3, 0.4) is 0 Å². The van der Waals surface area contributed by atoms with E-state index >= 15 is 0 Å². The van der Waals surface area contributed by atoms with Crippen LogP contribution < -0.4 is 0 Å². The highest BCUT2D eigenvalue weighted by atomic mass is 16.6. The minimum Gasteiger partial charge on any atom is -0.271 e. The maximum absolute atomic E-state index is 10.9. The molecule has 0 aliphatic rings. The molecule has 0 aliphatic heterocycles. The van der Waals surface area contributed by atoms with Crippen LogP contribution in [-0.2, 0) is 0 Å². The molecule has 0 heterocycles. The lowest BCUT2D eigenvalue weighted by Crippen LogP contribution is -1.92. The normalized spacial score (nSPS) is 9.33. The summed E-state index contributed by atoms with van der Waals surface area (Å²) in [6.45, 7) is 0. The van der Waals surface area contributed by atoms with E-state index in [1.807, 2.05) is 6.07 Å². The average Bonchev–Trinajstić information content (AvgIpc) is 2.48. The van der Waals surface area contributed by atoms with Gasteiger partial charge in [0.1, 0.15) is 5.56 Å². The van der Waals surface area contributed by atoms with E-state index < -0.39 is 15.5 Å². The molecule has 0 aliphatic carbocycles. The third-order valence-electron chi connectivity index (χ3n) is 2.48. The molecule has 8 heteroatoms. The summed E-state index contributed by atoms with van der Waals surface area (Å²) in [5.41, 5.74) is 3.39. The van der Waals surface area contributed by atoms with Gasteiger partial charge in [0.2, 0.25) is 0 Å². The zero-order chi connectivity index (χ0) is 15.2. The SMILES string of the molecule is O=[N+]([O-])c1ccc([N-][N+]#Cc2ccccc2)c([N+](=O)[O-])c1. The molecule has 2 rings (SSSR count). The van der Waals surface area contributed by atoms with Crippen molar-refractivity contribution >= 4 is 17.1 Å². The standard InChI is InChI=1S/C13H8N4O4/c18-16(19)11-6-7-12(13(8-11)17(20)21)15-14-9-10-4-2-1-3-5-10/h1-8H. The smallest absolute Gasteiger partial charge is 0.271 e. The van der Waals surface area contributed by atoms with Crippen molar-refractivity contribution in [2.75, 3.05) is 0 Å². The van der Waals surface area contributed by atoms with E-state index in [2.05, 4.69) is 16.4 Å². The van der Waals surface area contributed by atoms with Gasteiger partial charge in [0.05, 0.1) is 15.9 Å². The van der Waals surface area contributed by atoms with Gasteiger partial charge in [0, 0.05) is 11.8 Å². The Kier molecular flexibility index (Phi) is 4.06. The Labute approximate surface area is 118 Å². The highest BCUT2D eigenvalue weighted by molar-refractivity contribution is 5.69. The number of non-ortho nitro benzene ring substituents is 1. The van der Waals surface area contributed by atoms with Gasteiger partial charge in [0.25, 0.3) is 11.4 Å². The number of rotatable bonds is 3. The highest BCUT2D eigenvalue weighted by Crippen LogP contribution is 2.34. The van der Waals surface area contributed by atoms with Crippen LogP contribution in [0.1, 0.15) is 5.56 Å². The summed E-state index contributed by atoms with van der Waals surface area (Å²) < 4.78 is 0. The lowest BCUT2D eigenvalue weighted by atomic mass is 10.2. The summed E-state index contributed by atoms with van der Waals surface area (Å²) in [7, 11) is 0. The van der Waals surface area contributed by atoms with Gasteiger partial charge in [-0.2, -0.15) is 0 Å². The van der Waals surface area contributed by atoms with Gasteiger partial charge < -0.3 is 0 Å².